The van der Waals surface area contributed by atoms with Gasteiger partial charge in [-0.3, -0.25) is 9.79 Å². The van der Waals surface area contributed by atoms with Gasteiger partial charge < -0.3 is 20.0 Å². The summed E-state index contributed by atoms with van der Waals surface area (Å²) < 4.78 is 5.78. The molecule has 1 aromatic heterocycles. The number of carbonyl (C=O) groups is 1. The van der Waals surface area contributed by atoms with Crippen LogP contribution < -0.4 is 10.6 Å². The lowest BCUT2D eigenvalue weighted by Gasteiger charge is -2.14. The number of nitrogens with zero attached hydrogens (tertiary/aromatic N) is 3. The predicted octanol–water partition coefficient (Wildman–Crippen LogP) is 2.58. The van der Waals surface area contributed by atoms with Crippen molar-refractivity contribution in [3.8, 4) is 0 Å². The molecule has 2 aromatic rings. The maximum Gasteiger partial charge on any atom is 0.253 e. The topological polar surface area (TPSA) is 82.8 Å². The molecule has 1 aromatic carbocycles. The van der Waals surface area contributed by atoms with Crippen LogP contribution in [0.2, 0.25) is 0 Å². The fraction of sp³-hybridized carbons (Fsp3) is 0.476. The number of carbonyl (C=O) groups excluding carboxylic acids is 1. The Morgan fingerprint density at radius 2 is 2.00 bits per heavy atom. The standard InChI is InChI=1S/C21H31N5O2/c1-21(2,3)17-13-24-18(28-17)14-25-20(22-4)23-11-10-15-8-7-9-16(12-15)19(27)26(5)6/h7-9,12-13H,10-11,14H2,1-6H3,(H2,22,23,25). The maximum absolute atomic E-state index is 12.1. The number of benzene rings is 1. The third-order valence-electron chi connectivity index (χ3n) is 4.21. The Kier molecular flexibility index (Phi) is 7.20. The van der Waals surface area contributed by atoms with Crippen molar-refractivity contribution in [2.75, 3.05) is 27.7 Å². The first-order valence-electron chi connectivity index (χ1n) is 9.41. The summed E-state index contributed by atoms with van der Waals surface area (Å²) >= 11 is 0. The number of guanidine groups is 1. The van der Waals surface area contributed by atoms with Crippen LogP contribution in [0.15, 0.2) is 39.9 Å². The minimum absolute atomic E-state index is 0.00728. The van der Waals surface area contributed by atoms with Gasteiger partial charge in [0.1, 0.15) is 5.76 Å². The van der Waals surface area contributed by atoms with E-state index in [2.05, 4.69) is 41.4 Å². The van der Waals surface area contributed by atoms with E-state index in [1.807, 2.05) is 24.3 Å². The molecule has 0 radical (unpaired) electrons. The highest BCUT2D eigenvalue weighted by Crippen LogP contribution is 2.22. The van der Waals surface area contributed by atoms with E-state index < -0.39 is 0 Å². The van der Waals surface area contributed by atoms with Gasteiger partial charge in [-0.25, -0.2) is 4.98 Å². The zero-order valence-corrected chi connectivity index (χ0v) is 17.7. The lowest BCUT2D eigenvalue weighted by molar-refractivity contribution is 0.0827. The van der Waals surface area contributed by atoms with Crippen LogP contribution >= 0.6 is 0 Å². The van der Waals surface area contributed by atoms with Gasteiger partial charge in [0.25, 0.3) is 5.91 Å². The molecule has 2 N–H and O–H groups in total. The number of oxazole rings is 1. The van der Waals surface area contributed by atoms with E-state index in [1.54, 1.807) is 32.2 Å². The molecule has 0 bridgehead atoms. The molecule has 0 aliphatic heterocycles. The molecular weight excluding hydrogens is 354 g/mol. The Bertz CT molecular complexity index is 818. The molecule has 0 atom stereocenters. The van der Waals surface area contributed by atoms with Gasteiger partial charge in [-0.15, -0.1) is 0 Å². The molecule has 0 unspecified atom stereocenters. The Hall–Kier alpha value is -2.83. The minimum Gasteiger partial charge on any atom is -0.443 e. The van der Waals surface area contributed by atoms with Crippen LogP contribution in [-0.2, 0) is 18.4 Å². The fourth-order valence-electron chi connectivity index (χ4n) is 2.56. The highest BCUT2D eigenvalue weighted by Gasteiger charge is 2.19. The van der Waals surface area contributed by atoms with Crippen LogP contribution in [-0.4, -0.2) is 49.4 Å². The summed E-state index contributed by atoms with van der Waals surface area (Å²) in [6.45, 7) is 7.42. The van der Waals surface area contributed by atoms with Crippen molar-refractivity contribution in [2.24, 2.45) is 4.99 Å². The zero-order chi connectivity index (χ0) is 20.7. The van der Waals surface area contributed by atoms with E-state index in [4.69, 9.17) is 4.42 Å². The maximum atomic E-state index is 12.1. The molecule has 1 amide bonds. The van der Waals surface area contributed by atoms with Gasteiger partial charge in [0, 0.05) is 38.7 Å². The number of hydrogen-bond donors (Lipinski definition) is 2. The summed E-state index contributed by atoms with van der Waals surface area (Å²) in [5, 5.41) is 6.47. The Morgan fingerprint density at radius 3 is 2.61 bits per heavy atom. The molecule has 28 heavy (non-hydrogen) atoms. The summed E-state index contributed by atoms with van der Waals surface area (Å²) in [5.74, 6) is 2.17. The lowest BCUT2D eigenvalue weighted by atomic mass is 9.94. The molecule has 7 heteroatoms. The third kappa shape index (κ3) is 6.11. The van der Waals surface area contributed by atoms with E-state index in [1.165, 1.54) is 0 Å². The number of amides is 1. The highest BCUT2D eigenvalue weighted by atomic mass is 16.4. The SMILES string of the molecule is CN=C(NCCc1cccc(C(=O)N(C)C)c1)NCc1ncc(C(C)(C)C)o1. The van der Waals surface area contributed by atoms with Crippen molar-refractivity contribution in [3.63, 3.8) is 0 Å². The Balaban J connectivity index is 1.84. The smallest absolute Gasteiger partial charge is 0.253 e. The molecule has 0 saturated carbocycles. The zero-order valence-electron chi connectivity index (χ0n) is 17.7. The molecule has 2 rings (SSSR count). The quantitative estimate of drug-likeness (QED) is 0.590. The van der Waals surface area contributed by atoms with Crippen LogP contribution in [0.4, 0.5) is 0 Å². The van der Waals surface area contributed by atoms with Crippen LogP contribution in [0.25, 0.3) is 0 Å². The summed E-state index contributed by atoms with van der Waals surface area (Å²) in [4.78, 5) is 22.2. The van der Waals surface area contributed by atoms with Gasteiger partial charge in [0.15, 0.2) is 5.96 Å². The molecule has 0 saturated heterocycles. The van der Waals surface area contributed by atoms with E-state index >= 15 is 0 Å². The van der Waals surface area contributed by atoms with Crippen LogP contribution in [0.3, 0.4) is 0 Å². The molecular formula is C21H31N5O2. The number of aromatic nitrogens is 1. The van der Waals surface area contributed by atoms with Crippen LogP contribution in [0.5, 0.6) is 0 Å². The van der Waals surface area contributed by atoms with Crippen molar-refractivity contribution in [1.82, 2.24) is 20.5 Å². The molecule has 0 aliphatic carbocycles. The van der Waals surface area contributed by atoms with Crippen LogP contribution in [0.1, 0.15) is 48.3 Å². The first kappa shape index (κ1) is 21.5. The van der Waals surface area contributed by atoms with E-state index in [0.29, 0.717) is 30.5 Å². The van der Waals surface area contributed by atoms with Gasteiger partial charge in [-0.1, -0.05) is 32.9 Å². The molecule has 0 aliphatic rings. The van der Waals surface area contributed by atoms with Gasteiger partial charge in [0.05, 0.1) is 12.7 Å². The van der Waals surface area contributed by atoms with Crippen molar-refractivity contribution < 1.29 is 9.21 Å². The Labute approximate surface area is 167 Å². The summed E-state index contributed by atoms with van der Waals surface area (Å²) in [5.41, 5.74) is 1.73. The average Bonchev–Trinajstić information content (AvgIpc) is 3.13. The third-order valence-corrected chi connectivity index (χ3v) is 4.21. The Morgan fingerprint density at radius 1 is 1.25 bits per heavy atom. The van der Waals surface area contributed by atoms with Gasteiger partial charge in [-0.2, -0.15) is 0 Å². The largest absolute Gasteiger partial charge is 0.443 e. The van der Waals surface area contributed by atoms with Gasteiger partial charge in [0.2, 0.25) is 5.89 Å². The molecule has 1 heterocycles. The molecule has 152 valence electrons. The monoisotopic (exact) mass is 385 g/mol. The van der Waals surface area contributed by atoms with E-state index in [9.17, 15) is 4.79 Å². The second-order valence-corrected chi connectivity index (χ2v) is 7.87. The second kappa shape index (κ2) is 9.39. The van der Waals surface area contributed by atoms with Gasteiger partial charge >= 0.3 is 0 Å². The fourth-order valence-corrected chi connectivity index (χ4v) is 2.56. The van der Waals surface area contributed by atoms with Crippen molar-refractivity contribution >= 4 is 11.9 Å². The lowest BCUT2D eigenvalue weighted by Crippen LogP contribution is -2.37. The van der Waals surface area contributed by atoms with Crippen LogP contribution in [0, 0.1) is 0 Å². The highest BCUT2D eigenvalue weighted by molar-refractivity contribution is 5.94. The predicted molar refractivity (Wildman–Crippen MR) is 112 cm³/mol. The van der Waals surface area contributed by atoms with Gasteiger partial charge in [-0.05, 0) is 24.1 Å². The first-order chi connectivity index (χ1) is 13.2. The molecule has 0 fully saturated rings. The molecule has 7 nitrogen and oxygen atoms in total. The summed E-state index contributed by atoms with van der Waals surface area (Å²) in [6, 6.07) is 7.70. The second-order valence-electron chi connectivity index (χ2n) is 7.87. The number of aliphatic imine (C=N–C) groups is 1. The average molecular weight is 386 g/mol. The number of rotatable bonds is 6. The number of nitrogens with one attached hydrogen (secondary N) is 2. The normalized spacial score (nSPS) is 12.0. The summed E-state index contributed by atoms with van der Waals surface area (Å²) in [6.07, 6.45) is 2.55. The number of hydrogen-bond acceptors (Lipinski definition) is 4. The summed E-state index contributed by atoms with van der Waals surface area (Å²) in [7, 11) is 5.23. The molecule has 0 spiro atoms. The minimum atomic E-state index is -0.0618. The van der Waals surface area contributed by atoms with Crippen molar-refractivity contribution in [1.29, 1.82) is 0 Å². The van der Waals surface area contributed by atoms with Crippen molar-refractivity contribution in [3.05, 3.63) is 53.2 Å². The van der Waals surface area contributed by atoms with E-state index in [-0.39, 0.29) is 11.3 Å². The van der Waals surface area contributed by atoms with Crippen molar-refractivity contribution in [2.45, 2.75) is 39.2 Å². The first-order valence-corrected chi connectivity index (χ1v) is 9.41. The van der Waals surface area contributed by atoms with E-state index in [0.717, 1.165) is 17.7 Å².